The van der Waals surface area contributed by atoms with Crippen LogP contribution in [0.4, 0.5) is 0 Å². The van der Waals surface area contributed by atoms with Crippen LogP contribution in [0.5, 0.6) is 0 Å². The van der Waals surface area contributed by atoms with Crippen LogP contribution >= 0.6 is 0 Å². The summed E-state index contributed by atoms with van der Waals surface area (Å²) in [4.78, 5) is 0. The molecule has 0 N–H and O–H groups in total. The minimum Gasteiger partial charge on any atom is -0.0654 e. The molecule has 0 spiro atoms. The van der Waals surface area contributed by atoms with Crippen molar-refractivity contribution in [2.45, 2.75) is 71.1 Å². The third-order valence-electron chi connectivity index (χ3n) is 7.99. The fourth-order valence-electron chi connectivity index (χ4n) is 6.03. The molecule has 0 saturated heterocycles. The molecule has 30 heavy (non-hydrogen) atoms. The lowest BCUT2D eigenvalue weighted by Gasteiger charge is -2.35. The summed E-state index contributed by atoms with van der Waals surface area (Å²) in [7, 11) is 0. The van der Waals surface area contributed by atoms with Gasteiger partial charge in [-0.3, -0.25) is 0 Å². The van der Waals surface area contributed by atoms with Crippen LogP contribution in [0.1, 0.15) is 81.5 Å². The summed E-state index contributed by atoms with van der Waals surface area (Å²) < 4.78 is 0. The molecular weight excluding hydrogens is 360 g/mol. The summed E-state index contributed by atoms with van der Waals surface area (Å²) >= 11 is 0. The average Bonchev–Trinajstić information content (AvgIpc) is 3.26. The van der Waals surface area contributed by atoms with Crippen LogP contribution in [0.3, 0.4) is 0 Å². The van der Waals surface area contributed by atoms with E-state index in [2.05, 4.69) is 81.4 Å². The molecule has 0 amide bonds. The van der Waals surface area contributed by atoms with Crippen molar-refractivity contribution in [3.8, 4) is 22.3 Å². The second-order valence-corrected chi connectivity index (χ2v) is 9.74. The molecule has 2 atom stereocenters. The molecule has 5 rings (SSSR count). The Bertz CT molecular complexity index is 1070. The van der Waals surface area contributed by atoms with Crippen molar-refractivity contribution >= 4 is 0 Å². The van der Waals surface area contributed by atoms with Crippen LogP contribution in [-0.4, -0.2) is 0 Å². The van der Waals surface area contributed by atoms with E-state index in [1.54, 1.807) is 5.56 Å². The normalized spacial score (nSPS) is 19.2. The molecule has 0 nitrogen and oxygen atoms in total. The van der Waals surface area contributed by atoms with E-state index in [4.69, 9.17) is 0 Å². The lowest BCUT2D eigenvalue weighted by Crippen LogP contribution is -2.29. The lowest BCUT2D eigenvalue weighted by molar-refractivity contribution is 0.345. The smallest absolute Gasteiger partial charge is 0.0212 e. The van der Waals surface area contributed by atoms with Gasteiger partial charge < -0.3 is 0 Å². The van der Waals surface area contributed by atoms with Crippen molar-refractivity contribution in [3.63, 3.8) is 0 Å². The zero-order valence-corrected chi connectivity index (χ0v) is 18.8. The molecule has 2 unspecified atom stereocenters. The zero-order valence-electron chi connectivity index (χ0n) is 18.8. The number of fused-ring (bicyclic) bond motifs is 6. The Morgan fingerprint density at radius 3 is 2.30 bits per heavy atom. The van der Waals surface area contributed by atoms with E-state index in [9.17, 15) is 0 Å². The maximum absolute atomic E-state index is 2.56. The Kier molecular flexibility index (Phi) is 5.05. The zero-order chi connectivity index (χ0) is 20.7. The maximum Gasteiger partial charge on any atom is 0.0212 e. The molecule has 0 fully saturated rings. The van der Waals surface area contributed by atoms with E-state index in [0.717, 1.165) is 6.42 Å². The van der Waals surface area contributed by atoms with Crippen LogP contribution in [-0.2, 0) is 11.8 Å². The predicted octanol–water partition coefficient (Wildman–Crippen LogP) is 8.54. The number of benzene rings is 3. The second-order valence-electron chi connectivity index (χ2n) is 9.74. The average molecular weight is 395 g/mol. The van der Waals surface area contributed by atoms with Crippen molar-refractivity contribution < 1.29 is 0 Å². The molecule has 0 aliphatic heterocycles. The molecular formula is C30H34. The fourth-order valence-corrected chi connectivity index (χ4v) is 6.03. The Morgan fingerprint density at radius 1 is 0.733 bits per heavy atom. The summed E-state index contributed by atoms with van der Waals surface area (Å²) in [6.07, 6.45) is 9.19. The third kappa shape index (κ3) is 2.96. The Labute approximate surface area is 182 Å². The summed E-state index contributed by atoms with van der Waals surface area (Å²) in [5.41, 5.74) is 12.0. The van der Waals surface area contributed by atoms with E-state index in [1.165, 1.54) is 77.5 Å². The number of hydrogen-bond acceptors (Lipinski definition) is 0. The van der Waals surface area contributed by atoms with Crippen LogP contribution in [0.2, 0.25) is 0 Å². The first-order valence-corrected chi connectivity index (χ1v) is 12.0. The van der Waals surface area contributed by atoms with Crippen molar-refractivity contribution in [1.29, 1.82) is 0 Å². The van der Waals surface area contributed by atoms with E-state index < -0.39 is 0 Å². The second kappa shape index (κ2) is 7.73. The molecule has 0 radical (unpaired) electrons. The minimum atomic E-state index is 0.100. The summed E-state index contributed by atoms with van der Waals surface area (Å²) in [6, 6.07) is 23.2. The molecule has 0 heteroatoms. The van der Waals surface area contributed by atoms with Gasteiger partial charge in [0.1, 0.15) is 0 Å². The van der Waals surface area contributed by atoms with E-state index >= 15 is 0 Å². The standard InChI is InChI=1S/C30H34/c1-4-5-6-7-8-13-21(2)30(3)28-17-12-11-16-25(28)27-19-23-18-22-14-9-10-15-24(22)26(23)20-29(27)30/h9-12,14-17,19-21H,4-8,13,18H2,1-3H3. The SMILES string of the molecule is CCCCCCCC(C)C1(C)c2ccccc2-c2cc3c(cc21)-c1ccccc1C3. The van der Waals surface area contributed by atoms with Gasteiger partial charge in [0.15, 0.2) is 0 Å². The molecule has 0 aromatic heterocycles. The van der Waals surface area contributed by atoms with Gasteiger partial charge in [0.05, 0.1) is 0 Å². The Balaban J connectivity index is 1.55. The van der Waals surface area contributed by atoms with Gasteiger partial charge in [-0.2, -0.15) is 0 Å². The number of rotatable bonds is 7. The van der Waals surface area contributed by atoms with Crippen LogP contribution < -0.4 is 0 Å². The van der Waals surface area contributed by atoms with Crippen LogP contribution in [0.15, 0.2) is 60.7 Å². The Morgan fingerprint density at radius 2 is 1.47 bits per heavy atom. The number of hydrogen-bond donors (Lipinski definition) is 0. The Hall–Kier alpha value is -2.34. The summed E-state index contributed by atoms with van der Waals surface area (Å²) in [6.45, 7) is 7.31. The molecule has 3 aromatic rings. The highest BCUT2D eigenvalue weighted by Crippen LogP contribution is 2.55. The van der Waals surface area contributed by atoms with E-state index in [-0.39, 0.29) is 5.41 Å². The fraction of sp³-hybridized carbons (Fsp3) is 0.400. The topological polar surface area (TPSA) is 0 Å². The highest BCUT2D eigenvalue weighted by Gasteiger charge is 2.43. The van der Waals surface area contributed by atoms with Crippen molar-refractivity contribution in [2.24, 2.45) is 5.92 Å². The molecule has 2 aliphatic carbocycles. The van der Waals surface area contributed by atoms with Crippen LogP contribution in [0.25, 0.3) is 22.3 Å². The highest BCUT2D eigenvalue weighted by molar-refractivity contribution is 5.87. The molecule has 154 valence electrons. The molecule has 0 saturated carbocycles. The highest BCUT2D eigenvalue weighted by atomic mass is 14.5. The van der Waals surface area contributed by atoms with Gasteiger partial charge in [-0.15, -0.1) is 0 Å². The van der Waals surface area contributed by atoms with Gasteiger partial charge >= 0.3 is 0 Å². The molecule has 0 heterocycles. The largest absolute Gasteiger partial charge is 0.0654 e. The first kappa shape index (κ1) is 19.6. The summed E-state index contributed by atoms with van der Waals surface area (Å²) in [5.74, 6) is 0.635. The molecule has 2 aliphatic rings. The molecule has 0 bridgehead atoms. The first-order chi connectivity index (χ1) is 14.6. The van der Waals surface area contributed by atoms with Crippen molar-refractivity contribution in [3.05, 3.63) is 82.9 Å². The summed E-state index contributed by atoms with van der Waals surface area (Å²) in [5, 5.41) is 0. The van der Waals surface area contributed by atoms with Gasteiger partial charge in [-0.1, -0.05) is 101 Å². The van der Waals surface area contributed by atoms with Crippen molar-refractivity contribution in [1.82, 2.24) is 0 Å². The predicted molar refractivity (Wildman–Crippen MR) is 129 cm³/mol. The minimum absolute atomic E-state index is 0.100. The lowest BCUT2D eigenvalue weighted by atomic mass is 9.68. The quantitative estimate of drug-likeness (QED) is 0.275. The van der Waals surface area contributed by atoms with E-state index in [1.807, 2.05) is 0 Å². The maximum atomic E-state index is 2.56. The molecule has 3 aromatic carbocycles. The van der Waals surface area contributed by atoms with Crippen LogP contribution in [0, 0.1) is 5.92 Å². The van der Waals surface area contributed by atoms with Gasteiger partial charge in [0.25, 0.3) is 0 Å². The van der Waals surface area contributed by atoms with Crippen molar-refractivity contribution in [2.75, 3.05) is 0 Å². The van der Waals surface area contributed by atoms with Gasteiger partial charge in [-0.25, -0.2) is 0 Å². The first-order valence-electron chi connectivity index (χ1n) is 12.0. The monoisotopic (exact) mass is 394 g/mol. The van der Waals surface area contributed by atoms with Gasteiger partial charge in [0.2, 0.25) is 0 Å². The number of unbranched alkanes of at least 4 members (excludes halogenated alkanes) is 4. The van der Waals surface area contributed by atoms with Gasteiger partial charge in [0, 0.05) is 5.41 Å². The van der Waals surface area contributed by atoms with E-state index in [0.29, 0.717) is 5.92 Å². The third-order valence-corrected chi connectivity index (χ3v) is 7.99. The van der Waals surface area contributed by atoms with Gasteiger partial charge in [-0.05, 0) is 75.4 Å².